The largest absolute Gasteiger partial charge is 0.501 e. The minimum atomic E-state index is -0.523. The predicted octanol–water partition coefficient (Wildman–Crippen LogP) is 2.79. The van der Waals surface area contributed by atoms with Crippen molar-refractivity contribution in [1.82, 2.24) is 0 Å². The Labute approximate surface area is 91.3 Å². The molecule has 74 valence electrons. The number of hydrogen-bond donors (Lipinski definition) is 1. The lowest BCUT2D eigenvalue weighted by Gasteiger charge is -2.10. The molecule has 1 aromatic carbocycles. The van der Waals surface area contributed by atoms with Crippen LogP contribution in [0.1, 0.15) is 18.1 Å². The Balaban J connectivity index is 2.18. The van der Waals surface area contributed by atoms with E-state index in [1.54, 1.807) is 6.26 Å². The van der Waals surface area contributed by atoms with Gasteiger partial charge in [-0.1, -0.05) is 28.1 Å². The summed E-state index contributed by atoms with van der Waals surface area (Å²) in [7, 11) is 0. The number of benzene rings is 1. The predicted molar refractivity (Wildman–Crippen MR) is 57.8 cm³/mol. The standard InChI is InChI=1S/C11H11BrO2/c12-10-3-1-8(2-4-10)11(13)9-5-6-14-7-9/h1-4,7,11,13H,5-6H2. The highest BCUT2D eigenvalue weighted by molar-refractivity contribution is 9.10. The summed E-state index contributed by atoms with van der Waals surface area (Å²) in [6.07, 6.45) is 1.95. The Hall–Kier alpha value is -0.800. The summed E-state index contributed by atoms with van der Waals surface area (Å²) < 4.78 is 6.11. The summed E-state index contributed by atoms with van der Waals surface area (Å²) in [5, 5.41) is 9.95. The monoisotopic (exact) mass is 254 g/mol. The van der Waals surface area contributed by atoms with E-state index in [4.69, 9.17) is 4.74 Å². The third kappa shape index (κ3) is 1.99. The Morgan fingerprint density at radius 1 is 1.29 bits per heavy atom. The van der Waals surface area contributed by atoms with Gasteiger partial charge in [0.05, 0.1) is 12.9 Å². The highest BCUT2D eigenvalue weighted by atomic mass is 79.9. The molecule has 1 aliphatic rings. The highest BCUT2D eigenvalue weighted by Crippen LogP contribution is 2.27. The van der Waals surface area contributed by atoms with Gasteiger partial charge in [0.1, 0.15) is 6.10 Å². The lowest BCUT2D eigenvalue weighted by molar-refractivity contribution is 0.213. The quantitative estimate of drug-likeness (QED) is 0.880. The van der Waals surface area contributed by atoms with E-state index in [0.29, 0.717) is 6.61 Å². The summed E-state index contributed by atoms with van der Waals surface area (Å²) >= 11 is 3.36. The molecule has 0 radical (unpaired) electrons. The van der Waals surface area contributed by atoms with Crippen LogP contribution in [0.3, 0.4) is 0 Å². The van der Waals surface area contributed by atoms with E-state index in [1.165, 1.54) is 0 Å². The van der Waals surface area contributed by atoms with Crippen LogP contribution in [0.15, 0.2) is 40.6 Å². The van der Waals surface area contributed by atoms with Crippen LogP contribution in [0.5, 0.6) is 0 Å². The molecule has 0 aromatic heterocycles. The van der Waals surface area contributed by atoms with Gasteiger partial charge in [0.2, 0.25) is 0 Å². The maximum Gasteiger partial charge on any atom is 0.103 e. The molecule has 0 bridgehead atoms. The molecule has 0 aliphatic carbocycles. The van der Waals surface area contributed by atoms with E-state index in [1.807, 2.05) is 24.3 Å². The van der Waals surface area contributed by atoms with Gasteiger partial charge in [-0.3, -0.25) is 0 Å². The second-order valence-electron chi connectivity index (χ2n) is 3.27. The van der Waals surface area contributed by atoms with E-state index in [2.05, 4.69) is 15.9 Å². The molecule has 1 unspecified atom stereocenters. The van der Waals surface area contributed by atoms with Crippen LogP contribution >= 0.6 is 15.9 Å². The van der Waals surface area contributed by atoms with Crippen LogP contribution in [-0.2, 0) is 4.74 Å². The minimum absolute atomic E-state index is 0.523. The molecular formula is C11H11BrO2. The van der Waals surface area contributed by atoms with Crippen LogP contribution in [0.2, 0.25) is 0 Å². The second-order valence-corrected chi connectivity index (χ2v) is 4.18. The zero-order chi connectivity index (χ0) is 9.97. The Morgan fingerprint density at radius 3 is 2.57 bits per heavy atom. The van der Waals surface area contributed by atoms with Gasteiger partial charge in [0.25, 0.3) is 0 Å². The van der Waals surface area contributed by atoms with Crippen LogP contribution < -0.4 is 0 Å². The smallest absolute Gasteiger partial charge is 0.103 e. The average molecular weight is 255 g/mol. The van der Waals surface area contributed by atoms with Crippen molar-refractivity contribution in [2.45, 2.75) is 12.5 Å². The third-order valence-electron chi connectivity index (χ3n) is 2.28. The number of ether oxygens (including phenoxy) is 1. The Morgan fingerprint density at radius 2 is 2.00 bits per heavy atom. The molecule has 1 N–H and O–H groups in total. The lowest BCUT2D eigenvalue weighted by atomic mass is 10.0. The fraction of sp³-hybridized carbons (Fsp3) is 0.273. The SMILES string of the molecule is OC(C1=COCC1)c1ccc(Br)cc1. The molecule has 14 heavy (non-hydrogen) atoms. The molecule has 0 spiro atoms. The van der Waals surface area contributed by atoms with Crippen LogP contribution in [0.4, 0.5) is 0 Å². The first-order valence-electron chi connectivity index (χ1n) is 4.51. The molecule has 0 amide bonds. The van der Waals surface area contributed by atoms with Crippen molar-refractivity contribution in [3.05, 3.63) is 46.1 Å². The van der Waals surface area contributed by atoms with Crippen LogP contribution in [-0.4, -0.2) is 11.7 Å². The van der Waals surface area contributed by atoms with Crippen LogP contribution in [0.25, 0.3) is 0 Å². The van der Waals surface area contributed by atoms with E-state index >= 15 is 0 Å². The van der Waals surface area contributed by atoms with Gasteiger partial charge in [-0.15, -0.1) is 0 Å². The van der Waals surface area contributed by atoms with Gasteiger partial charge in [-0.2, -0.15) is 0 Å². The zero-order valence-corrected chi connectivity index (χ0v) is 9.20. The molecule has 1 aliphatic heterocycles. The summed E-state index contributed by atoms with van der Waals surface area (Å²) in [6, 6.07) is 7.67. The number of halogens is 1. The highest BCUT2D eigenvalue weighted by Gasteiger charge is 2.16. The summed E-state index contributed by atoms with van der Waals surface area (Å²) in [5.74, 6) is 0. The van der Waals surface area contributed by atoms with Gasteiger partial charge in [-0.25, -0.2) is 0 Å². The summed E-state index contributed by atoms with van der Waals surface area (Å²) in [4.78, 5) is 0. The molecule has 1 aromatic rings. The number of hydrogen-bond acceptors (Lipinski definition) is 2. The first kappa shape index (κ1) is 9.74. The summed E-state index contributed by atoms with van der Waals surface area (Å²) in [6.45, 7) is 0.683. The molecule has 1 heterocycles. The third-order valence-corrected chi connectivity index (χ3v) is 2.81. The van der Waals surface area contributed by atoms with Crippen molar-refractivity contribution < 1.29 is 9.84 Å². The lowest BCUT2D eigenvalue weighted by Crippen LogP contribution is -1.99. The van der Waals surface area contributed by atoms with Crippen molar-refractivity contribution in [2.75, 3.05) is 6.61 Å². The fourth-order valence-corrected chi connectivity index (χ4v) is 1.73. The second kappa shape index (κ2) is 4.15. The van der Waals surface area contributed by atoms with Crippen molar-refractivity contribution in [1.29, 1.82) is 0 Å². The fourth-order valence-electron chi connectivity index (χ4n) is 1.46. The van der Waals surface area contributed by atoms with Crippen molar-refractivity contribution >= 4 is 15.9 Å². The van der Waals surface area contributed by atoms with E-state index in [9.17, 15) is 5.11 Å². The van der Waals surface area contributed by atoms with Crippen molar-refractivity contribution in [3.8, 4) is 0 Å². The maximum atomic E-state index is 9.95. The molecular weight excluding hydrogens is 244 g/mol. The number of rotatable bonds is 2. The first-order valence-corrected chi connectivity index (χ1v) is 5.31. The Kier molecular flexibility index (Phi) is 2.89. The van der Waals surface area contributed by atoms with Gasteiger partial charge in [0.15, 0.2) is 0 Å². The van der Waals surface area contributed by atoms with E-state index < -0.39 is 6.10 Å². The molecule has 2 nitrogen and oxygen atoms in total. The topological polar surface area (TPSA) is 29.5 Å². The van der Waals surface area contributed by atoms with Gasteiger partial charge in [-0.05, 0) is 17.7 Å². The van der Waals surface area contributed by atoms with Crippen molar-refractivity contribution in [2.24, 2.45) is 0 Å². The van der Waals surface area contributed by atoms with E-state index in [0.717, 1.165) is 22.0 Å². The molecule has 0 saturated heterocycles. The maximum absolute atomic E-state index is 9.95. The van der Waals surface area contributed by atoms with Crippen molar-refractivity contribution in [3.63, 3.8) is 0 Å². The van der Waals surface area contributed by atoms with Gasteiger partial charge in [0, 0.05) is 16.5 Å². The molecule has 0 saturated carbocycles. The minimum Gasteiger partial charge on any atom is -0.501 e. The van der Waals surface area contributed by atoms with Crippen LogP contribution in [0, 0.1) is 0 Å². The van der Waals surface area contributed by atoms with E-state index in [-0.39, 0.29) is 0 Å². The molecule has 1 atom stereocenters. The molecule has 2 rings (SSSR count). The first-order chi connectivity index (χ1) is 6.77. The number of aliphatic hydroxyl groups excluding tert-OH is 1. The summed E-state index contributed by atoms with van der Waals surface area (Å²) in [5.41, 5.74) is 1.86. The van der Waals surface area contributed by atoms with Gasteiger partial charge >= 0.3 is 0 Å². The normalized spacial score (nSPS) is 17.4. The average Bonchev–Trinajstić information content (AvgIpc) is 2.71. The molecule has 0 fully saturated rings. The Bertz CT molecular complexity index is 343. The zero-order valence-electron chi connectivity index (χ0n) is 7.61. The number of aliphatic hydroxyl groups is 1. The van der Waals surface area contributed by atoms with Gasteiger partial charge < -0.3 is 9.84 Å². The molecule has 3 heteroatoms.